The third-order valence-electron chi connectivity index (χ3n) is 2.32. The average molecular weight is 209 g/mol. The van der Waals surface area contributed by atoms with E-state index in [0.717, 1.165) is 17.8 Å². The number of carbonyl (C=O) groups is 1. The van der Waals surface area contributed by atoms with Gasteiger partial charge in [0.25, 0.3) is 0 Å². The van der Waals surface area contributed by atoms with Gasteiger partial charge < -0.3 is 5.73 Å². The lowest BCUT2D eigenvalue weighted by Gasteiger charge is -2.03. The molecule has 0 saturated heterocycles. The number of nitrogens with zero attached hydrogens (tertiary/aromatic N) is 2. The second-order valence-corrected chi connectivity index (χ2v) is 4.00. The molecule has 15 heavy (non-hydrogen) atoms. The topological polar surface area (TPSA) is 60.9 Å². The van der Waals surface area contributed by atoms with Crippen LogP contribution in [-0.4, -0.2) is 21.6 Å². The summed E-state index contributed by atoms with van der Waals surface area (Å²) in [5, 5.41) is 4.29. The number of rotatable bonds is 5. The lowest BCUT2D eigenvalue weighted by molar-refractivity contribution is -0.118. The van der Waals surface area contributed by atoms with E-state index < -0.39 is 0 Å². The van der Waals surface area contributed by atoms with Gasteiger partial charge in [-0.05, 0) is 19.4 Å². The van der Waals surface area contributed by atoms with Gasteiger partial charge in [0.2, 0.25) is 0 Å². The molecule has 1 heterocycles. The van der Waals surface area contributed by atoms with Crippen LogP contribution in [0.15, 0.2) is 6.07 Å². The van der Waals surface area contributed by atoms with Crippen molar-refractivity contribution >= 4 is 5.78 Å². The molecule has 1 aromatic rings. The number of carbonyl (C=O) groups excluding carboxylic acids is 1. The van der Waals surface area contributed by atoms with Gasteiger partial charge in [-0.3, -0.25) is 9.48 Å². The first-order chi connectivity index (χ1) is 7.02. The van der Waals surface area contributed by atoms with E-state index in [1.807, 2.05) is 20.0 Å². The van der Waals surface area contributed by atoms with Crippen LogP contribution in [-0.2, 0) is 24.7 Å². The summed E-state index contributed by atoms with van der Waals surface area (Å²) in [5.74, 6) is 0.177. The molecule has 0 spiro atoms. The number of hydrogen-bond acceptors (Lipinski definition) is 3. The van der Waals surface area contributed by atoms with E-state index in [0.29, 0.717) is 12.8 Å². The van der Waals surface area contributed by atoms with E-state index in [4.69, 9.17) is 5.73 Å². The molecule has 0 bridgehead atoms. The molecule has 4 heteroatoms. The molecule has 0 aliphatic carbocycles. The van der Waals surface area contributed by atoms with Gasteiger partial charge in [0.1, 0.15) is 5.78 Å². The molecule has 0 aliphatic heterocycles. The summed E-state index contributed by atoms with van der Waals surface area (Å²) < 4.78 is 1.78. The third kappa shape index (κ3) is 3.47. The molecule has 1 unspecified atom stereocenters. The smallest absolute Gasteiger partial charge is 0.140 e. The Hall–Kier alpha value is -1.16. The maximum atomic E-state index is 11.6. The van der Waals surface area contributed by atoms with Crippen LogP contribution in [0.5, 0.6) is 0 Å². The average Bonchev–Trinajstić information content (AvgIpc) is 2.46. The standard InChI is InChI=1S/C11H19N3O/c1-4-9-6-10(14(3)13-9)7-11(15)5-8(2)12/h6,8H,4-5,7,12H2,1-3H3. The second-order valence-electron chi connectivity index (χ2n) is 4.00. The first kappa shape index (κ1) is 11.9. The molecule has 0 radical (unpaired) electrons. The highest BCUT2D eigenvalue weighted by Crippen LogP contribution is 2.06. The maximum Gasteiger partial charge on any atom is 0.140 e. The van der Waals surface area contributed by atoms with Gasteiger partial charge in [-0.1, -0.05) is 6.92 Å². The minimum Gasteiger partial charge on any atom is -0.328 e. The zero-order valence-electron chi connectivity index (χ0n) is 9.66. The number of ketones is 1. The van der Waals surface area contributed by atoms with Crippen LogP contribution in [0, 0.1) is 0 Å². The van der Waals surface area contributed by atoms with E-state index in [1.165, 1.54) is 0 Å². The van der Waals surface area contributed by atoms with Crippen molar-refractivity contribution in [1.82, 2.24) is 9.78 Å². The Morgan fingerprint density at radius 1 is 1.67 bits per heavy atom. The molecule has 1 aromatic heterocycles. The summed E-state index contributed by atoms with van der Waals surface area (Å²) in [6.07, 6.45) is 1.77. The fourth-order valence-electron chi connectivity index (χ4n) is 1.54. The zero-order chi connectivity index (χ0) is 11.4. The molecule has 1 atom stereocenters. The number of aromatic nitrogens is 2. The lowest BCUT2D eigenvalue weighted by atomic mass is 10.1. The Morgan fingerprint density at radius 2 is 2.33 bits per heavy atom. The summed E-state index contributed by atoms with van der Waals surface area (Å²) in [4.78, 5) is 11.6. The summed E-state index contributed by atoms with van der Waals surface area (Å²) in [7, 11) is 1.87. The first-order valence-electron chi connectivity index (χ1n) is 5.32. The Labute approximate surface area is 90.5 Å². The number of nitrogens with two attached hydrogens (primary N) is 1. The van der Waals surface area contributed by atoms with Gasteiger partial charge in [-0.25, -0.2) is 0 Å². The number of Topliss-reactive ketones (excluding diaryl/α,β-unsaturated/α-hetero) is 1. The van der Waals surface area contributed by atoms with Crippen LogP contribution in [0.4, 0.5) is 0 Å². The lowest BCUT2D eigenvalue weighted by Crippen LogP contribution is -2.21. The van der Waals surface area contributed by atoms with Crippen LogP contribution in [0.25, 0.3) is 0 Å². The van der Waals surface area contributed by atoms with Gasteiger partial charge in [-0.2, -0.15) is 5.10 Å². The molecule has 1 rings (SSSR count). The summed E-state index contributed by atoms with van der Waals surface area (Å²) in [6.45, 7) is 3.90. The van der Waals surface area contributed by atoms with Crippen molar-refractivity contribution in [2.75, 3.05) is 0 Å². The Balaban J connectivity index is 2.63. The van der Waals surface area contributed by atoms with Crippen LogP contribution in [0.2, 0.25) is 0 Å². The first-order valence-corrected chi connectivity index (χ1v) is 5.32. The molecule has 2 N–H and O–H groups in total. The highest BCUT2D eigenvalue weighted by Gasteiger charge is 2.10. The van der Waals surface area contributed by atoms with Crippen molar-refractivity contribution in [2.24, 2.45) is 12.8 Å². The van der Waals surface area contributed by atoms with Crippen molar-refractivity contribution in [2.45, 2.75) is 39.2 Å². The van der Waals surface area contributed by atoms with Crippen molar-refractivity contribution in [3.8, 4) is 0 Å². The van der Waals surface area contributed by atoms with E-state index in [-0.39, 0.29) is 11.8 Å². The predicted octanol–water partition coefficient (Wildman–Crippen LogP) is 0.831. The summed E-state index contributed by atoms with van der Waals surface area (Å²) in [6, 6.07) is 1.93. The molecular formula is C11H19N3O. The third-order valence-corrected chi connectivity index (χ3v) is 2.32. The van der Waals surface area contributed by atoms with Crippen LogP contribution < -0.4 is 5.73 Å². The Morgan fingerprint density at radius 3 is 2.80 bits per heavy atom. The van der Waals surface area contributed by atoms with E-state index >= 15 is 0 Å². The van der Waals surface area contributed by atoms with Crippen LogP contribution in [0.1, 0.15) is 31.7 Å². The van der Waals surface area contributed by atoms with Crippen LogP contribution in [0.3, 0.4) is 0 Å². The normalized spacial score (nSPS) is 12.8. The molecule has 4 nitrogen and oxygen atoms in total. The van der Waals surface area contributed by atoms with E-state index in [9.17, 15) is 4.79 Å². The summed E-state index contributed by atoms with van der Waals surface area (Å²) in [5.41, 5.74) is 7.57. The Bertz CT molecular complexity index is 342. The molecule has 0 amide bonds. The highest BCUT2D eigenvalue weighted by atomic mass is 16.1. The van der Waals surface area contributed by atoms with Gasteiger partial charge in [-0.15, -0.1) is 0 Å². The molecule has 0 saturated carbocycles. The van der Waals surface area contributed by atoms with Gasteiger partial charge >= 0.3 is 0 Å². The van der Waals surface area contributed by atoms with Crippen LogP contribution >= 0.6 is 0 Å². The molecule has 84 valence electrons. The van der Waals surface area contributed by atoms with Crippen molar-refractivity contribution in [3.63, 3.8) is 0 Å². The summed E-state index contributed by atoms with van der Waals surface area (Å²) >= 11 is 0. The largest absolute Gasteiger partial charge is 0.328 e. The zero-order valence-corrected chi connectivity index (χ0v) is 9.66. The Kier molecular flexibility index (Phi) is 4.03. The van der Waals surface area contributed by atoms with Crippen molar-refractivity contribution in [3.05, 3.63) is 17.5 Å². The molecular weight excluding hydrogens is 190 g/mol. The van der Waals surface area contributed by atoms with Crippen molar-refractivity contribution in [1.29, 1.82) is 0 Å². The number of aryl methyl sites for hydroxylation is 2. The van der Waals surface area contributed by atoms with E-state index in [2.05, 4.69) is 12.0 Å². The van der Waals surface area contributed by atoms with Gasteiger partial charge in [0.05, 0.1) is 5.69 Å². The molecule has 0 aromatic carbocycles. The highest BCUT2D eigenvalue weighted by molar-refractivity contribution is 5.81. The maximum absolute atomic E-state index is 11.6. The molecule has 0 fully saturated rings. The van der Waals surface area contributed by atoms with Gasteiger partial charge in [0, 0.05) is 31.6 Å². The van der Waals surface area contributed by atoms with Crippen molar-refractivity contribution < 1.29 is 4.79 Å². The fourth-order valence-corrected chi connectivity index (χ4v) is 1.54. The van der Waals surface area contributed by atoms with Gasteiger partial charge in [0.15, 0.2) is 0 Å². The molecule has 0 aliphatic rings. The fraction of sp³-hybridized carbons (Fsp3) is 0.636. The predicted molar refractivity (Wildman–Crippen MR) is 59.6 cm³/mol. The SMILES string of the molecule is CCc1cc(CC(=O)CC(C)N)n(C)n1. The monoisotopic (exact) mass is 209 g/mol. The quantitative estimate of drug-likeness (QED) is 0.781. The minimum atomic E-state index is -0.0589. The second kappa shape index (κ2) is 5.07. The van der Waals surface area contributed by atoms with E-state index in [1.54, 1.807) is 4.68 Å². The minimum absolute atomic E-state index is 0.0589. The number of hydrogen-bond donors (Lipinski definition) is 1.